The van der Waals surface area contributed by atoms with Crippen molar-refractivity contribution in [2.24, 2.45) is 0 Å². The molecule has 1 aliphatic carbocycles. The number of amides is 1. The summed E-state index contributed by atoms with van der Waals surface area (Å²) in [4.78, 5) is 22.4. The van der Waals surface area contributed by atoms with Gasteiger partial charge in [-0.05, 0) is 19.8 Å². The van der Waals surface area contributed by atoms with E-state index in [1.54, 1.807) is 12.4 Å². The van der Waals surface area contributed by atoms with Crippen molar-refractivity contribution in [1.82, 2.24) is 14.9 Å². The van der Waals surface area contributed by atoms with Crippen molar-refractivity contribution in [1.29, 1.82) is 0 Å². The van der Waals surface area contributed by atoms with Gasteiger partial charge in [0.1, 0.15) is 5.69 Å². The van der Waals surface area contributed by atoms with E-state index in [1.807, 2.05) is 18.9 Å². The van der Waals surface area contributed by atoms with Crippen LogP contribution in [0.2, 0.25) is 0 Å². The molecule has 1 aliphatic rings. The molecule has 0 spiro atoms. The summed E-state index contributed by atoms with van der Waals surface area (Å²) in [5.41, 5.74) is 1.29. The van der Waals surface area contributed by atoms with Gasteiger partial charge in [0, 0.05) is 19.3 Å². The summed E-state index contributed by atoms with van der Waals surface area (Å²) >= 11 is 0. The zero-order chi connectivity index (χ0) is 13.0. The molecule has 1 fully saturated rings. The fourth-order valence-corrected chi connectivity index (χ4v) is 2.49. The molecule has 1 heterocycles. The maximum atomic E-state index is 12.3. The predicted molar refractivity (Wildman–Crippen MR) is 70.4 cm³/mol. The van der Waals surface area contributed by atoms with Crippen LogP contribution in [0.4, 0.5) is 0 Å². The second-order valence-corrected chi connectivity index (χ2v) is 5.10. The molecule has 1 aromatic heterocycles. The molecule has 0 aliphatic heterocycles. The van der Waals surface area contributed by atoms with Crippen LogP contribution in [0.15, 0.2) is 12.4 Å². The molecule has 0 bridgehead atoms. The molecule has 1 aromatic rings. The lowest BCUT2D eigenvalue weighted by Gasteiger charge is -2.26. The van der Waals surface area contributed by atoms with Crippen molar-refractivity contribution in [3.63, 3.8) is 0 Å². The fraction of sp³-hybridized carbons (Fsp3) is 0.643. The Kier molecular flexibility index (Phi) is 4.28. The van der Waals surface area contributed by atoms with Crippen LogP contribution in [0.25, 0.3) is 0 Å². The summed E-state index contributed by atoms with van der Waals surface area (Å²) in [5.74, 6) is -0.00519. The van der Waals surface area contributed by atoms with E-state index in [-0.39, 0.29) is 5.91 Å². The molecule has 1 saturated carbocycles. The molecule has 0 radical (unpaired) electrons. The summed E-state index contributed by atoms with van der Waals surface area (Å²) in [6.07, 6.45) is 10.5. The molecular weight excluding hydrogens is 226 g/mol. The summed E-state index contributed by atoms with van der Waals surface area (Å²) < 4.78 is 0. The van der Waals surface area contributed by atoms with E-state index in [4.69, 9.17) is 0 Å². The van der Waals surface area contributed by atoms with E-state index >= 15 is 0 Å². The Morgan fingerprint density at radius 3 is 2.39 bits per heavy atom. The van der Waals surface area contributed by atoms with E-state index in [2.05, 4.69) is 9.97 Å². The normalized spacial score (nSPS) is 17.2. The number of nitrogens with zero attached hydrogens (tertiary/aromatic N) is 3. The first kappa shape index (κ1) is 13.0. The van der Waals surface area contributed by atoms with E-state index in [1.165, 1.54) is 25.7 Å². The quantitative estimate of drug-likeness (QED) is 0.755. The number of carbonyl (C=O) groups is 1. The summed E-state index contributed by atoms with van der Waals surface area (Å²) in [6.45, 7) is 1.87. The van der Waals surface area contributed by atoms with E-state index in [9.17, 15) is 4.79 Å². The Morgan fingerprint density at radius 2 is 1.83 bits per heavy atom. The van der Waals surface area contributed by atoms with Gasteiger partial charge < -0.3 is 4.90 Å². The van der Waals surface area contributed by atoms with E-state index in [0.717, 1.165) is 18.5 Å². The third kappa shape index (κ3) is 3.06. The van der Waals surface area contributed by atoms with Gasteiger partial charge in [0.15, 0.2) is 0 Å². The smallest absolute Gasteiger partial charge is 0.274 e. The SMILES string of the molecule is Cc1cnc(C(=O)N(C)C2CCCCCC2)cn1. The first-order valence-electron chi connectivity index (χ1n) is 6.74. The molecule has 1 amide bonds. The molecule has 2 rings (SSSR count). The van der Waals surface area contributed by atoms with Crippen molar-refractivity contribution in [3.8, 4) is 0 Å². The van der Waals surface area contributed by atoms with Gasteiger partial charge in [0.2, 0.25) is 0 Å². The van der Waals surface area contributed by atoms with Crippen LogP contribution >= 0.6 is 0 Å². The maximum Gasteiger partial charge on any atom is 0.274 e. The Labute approximate surface area is 108 Å². The van der Waals surface area contributed by atoms with Gasteiger partial charge in [0.25, 0.3) is 5.91 Å². The van der Waals surface area contributed by atoms with Crippen LogP contribution in [0.5, 0.6) is 0 Å². The maximum absolute atomic E-state index is 12.3. The highest BCUT2D eigenvalue weighted by Gasteiger charge is 2.22. The molecule has 4 heteroatoms. The second-order valence-electron chi connectivity index (χ2n) is 5.10. The summed E-state index contributed by atoms with van der Waals surface area (Å²) in [7, 11) is 1.89. The number of rotatable bonds is 2. The highest BCUT2D eigenvalue weighted by Crippen LogP contribution is 2.21. The van der Waals surface area contributed by atoms with Gasteiger partial charge in [-0.15, -0.1) is 0 Å². The monoisotopic (exact) mass is 247 g/mol. The number of hydrogen-bond donors (Lipinski definition) is 0. The largest absolute Gasteiger partial charge is 0.337 e. The van der Waals surface area contributed by atoms with E-state index < -0.39 is 0 Å². The van der Waals surface area contributed by atoms with Crippen molar-refractivity contribution in [2.45, 2.75) is 51.5 Å². The van der Waals surface area contributed by atoms with Crippen molar-refractivity contribution in [2.75, 3.05) is 7.05 Å². The van der Waals surface area contributed by atoms with Crippen molar-refractivity contribution < 1.29 is 4.79 Å². The lowest BCUT2D eigenvalue weighted by molar-refractivity contribution is 0.0711. The van der Waals surface area contributed by atoms with E-state index in [0.29, 0.717) is 11.7 Å². The Morgan fingerprint density at radius 1 is 1.17 bits per heavy atom. The molecule has 0 unspecified atom stereocenters. The van der Waals surface area contributed by atoms with Gasteiger partial charge in [0.05, 0.1) is 11.9 Å². The number of hydrogen-bond acceptors (Lipinski definition) is 3. The lowest BCUT2D eigenvalue weighted by Crippen LogP contribution is -2.37. The molecule has 18 heavy (non-hydrogen) atoms. The van der Waals surface area contributed by atoms with Crippen LogP contribution in [0, 0.1) is 6.92 Å². The lowest BCUT2D eigenvalue weighted by atomic mass is 10.1. The minimum Gasteiger partial charge on any atom is -0.337 e. The number of aromatic nitrogens is 2. The van der Waals surface area contributed by atoms with Gasteiger partial charge in [-0.2, -0.15) is 0 Å². The van der Waals surface area contributed by atoms with Crippen LogP contribution in [-0.4, -0.2) is 33.9 Å². The molecular formula is C14H21N3O. The number of aryl methyl sites for hydroxylation is 1. The first-order valence-corrected chi connectivity index (χ1v) is 6.74. The highest BCUT2D eigenvalue weighted by atomic mass is 16.2. The molecule has 0 N–H and O–H groups in total. The average molecular weight is 247 g/mol. The standard InChI is InChI=1S/C14H21N3O/c1-11-9-16-13(10-15-11)14(18)17(2)12-7-5-3-4-6-8-12/h9-10,12H,3-8H2,1-2H3. The fourth-order valence-electron chi connectivity index (χ4n) is 2.49. The topological polar surface area (TPSA) is 46.1 Å². The Hall–Kier alpha value is -1.45. The van der Waals surface area contributed by atoms with Gasteiger partial charge in [-0.3, -0.25) is 9.78 Å². The third-order valence-corrected chi connectivity index (χ3v) is 3.69. The van der Waals surface area contributed by atoms with Crippen LogP contribution in [0.3, 0.4) is 0 Å². The van der Waals surface area contributed by atoms with Gasteiger partial charge in [-0.25, -0.2) is 4.98 Å². The zero-order valence-corrected chi connectivity index (χ0v) is 11.2. The highest BCUT2D eigenvalue weighted by molar-refractivity contribution is 5.92. The molecule has 98 valence electrons. The van der Waals surface area contributed by atoms with Crippen molar-refractivity contribution in [3.05, 3.63) is 23.8 Å². The summed E-state index contributed by atoms with van der Waals surface area (Å²) in [5, 5.41) is 0. The minimum absolute atomic E-state index is 0.00519. The average Bonchev–Trinajstić information content (AvgIpc) is 2.67. The molecule has 0 aromatic carbocycles. The minimum atomic E-state index is -0.00519. The Balaban J connectivity index is 2.05. The van der Waals surface area contributed by atoms with Crippen LogP contribution in [0.1, 0.15) is 54.7 Å². The van der Waals surface area contributed by atoms with Crippen molar-refractivity contribution >= 4 is 5.91 Å². The Bertz CT molecular complexity index is 394. The summed E-state index contributed by atoms with van der Waals surface area (Å²) in [6, 6.07) is 0.364. The second kappa shape index (κ2) is 5.94. The van der Waals surface area contributed by atoms with Crippen LogP contribution < -0.4 is 0 Å². The van der Waals surface area contributed by atoms with Crippen LogP contribution in [-0.2, 0) is 0 Å². The van der Waals surface area contributed by atoms with Gasteiger partial charge >= 0.3 is 0 Å². The molecule has 0 atom stereocenters. The van der Waals surface area contributed by atoms with Gasteiger partial charge in [-0.1, -0.05) is 25.7 Å². The number of carbonyl (C=O) groups excluding carboxylic acids is 1. The zero-order valence-electron chi connectivity index (χ0n) is 11.2. The molecule has 4 nitrogen and oxygen atoms in total. The predicted octanol–water partition coefficient (Wildman–Crippen LogP) is 2.58. The molecule has 0 saturated heterocycles. The first-order chi connectivity index (χ1) is 8.68. The third-order valence-electron chi connectivity index (χ3n) is 3.69.